The minimum absolute atomic E-state index is 0.818. The Hall–Kier alpha value is -2.12. The quantitative estimate of drug-likeness (QED) is 0.361. The molecule has 0 aliphatic heterocycles. The number of benzene rings is 4. The van der Waals surface area contributed by atoms with E-state index in [0.29, 0.717) is 0 Å². The average Bonchev–Trinajstić information content (AvgIpc) is 2.60. The highest BCUT2D eigenvalue weighted by Gasteiger charge is 2.10. The molecule has 0 fully saturated rings. The van der Waals surface area contributed by atoms with E-state index in [0.717, 1.165) is 13.0 Å². The molecule has 0 aliphatic carbocycles. The van der Waals surface area contributed by atoms with E-state index in [1.165, 1.54) is 63.6 Å². The Bertz CT molecular complexity index is 923. The summed E-state index contributed by atoms with van der Waals surface area (Å²) in [5.41, 5.74) is 7.07. The molecule has 0 heterocycles. The van der Waals surface area contributed by atoms with Crippen molar-refractivity contribution in [1.82, 2.24) is 0 Å². The minimum atomic E-state index is 0.818. The molecule has 1 nitrogen and oxygen atoms in total. The number of nitrogens with two attached hydrogens (primary N) is 1. The Morgan fingerprint density at radius 1 is 0.609 bits per heavy atom. The van der Waals surface area contributed by atoms with Gasteiger partial charge in [-0.1, -0.05) is 67.4 Å². The predicted molar refractivity (Wildman–Crippen MR) is 101 cm³/mol. The van der Waals surface area contributed by atoms with Gasteiger partial charge in [0.15, 0.2) is 0 Å². The van der Waals surface area contributed by atoms with Gasteiger partial charge in [0, 0.05) is 0 Å². The van der Waals surface area contributed by atoms with Gasteiger partial charge in [-0.25, -0.2) is 0 Å². The molecule has 0 saturated heterocycles. The van der Waals surface area contributed by atoms with E-state index in [4.69, 9.17) is 5.73 Å². The smallest absolute Gasteiger partial charge is 0.00240 e. The molecule has 4 aromatic carbocycles. The van der Waals surface area contributed by atoms with Gasteiger partial charge in [-0.05, 0) is 63.7 Å². The van der Waals surface area contributed by atoms with Crippen molar-refractivity contribution in [3.8, 4) is 0 Å². The van der Waals surface area contributed by atoms with Crippen LogP contribution in [0, 0.1) is 0 Å². The van der Waals surface area contributed by atoms with Crippen LogP contribution < -0.4 is 5.73 Å². The highest BCUT2D eigenvalue weighted by molar-refractivity contribution is 6.23. The second-order valence-electron chi connectivity index (χ2n) is 6.53. The second-order valence-corrected chi connectivity index (χ2v) is 6.53. The van der Waals surface area contributed by atoms with Crippen molar-refractivity contribution in [2.24, 2.45) is 5.73 Å². The lowest BCUT2D eigenvalue weighted by Gasteiger charge is -2.13. The Morgan fingerprint density at radius 2 is 1.26 bits per heavy atom. The van der Waals surface area contributed by atoms with Crippen LogP contribution in [0.25, 0.3) is 32.3 Å². The third-order valence-corrected chi connectivity index (χ3v) is 5.02. The summed E-state index contributed by atoms with van der Waals surface area (Å²) in [4.78, 5) is 0. The summed E-state index contributed by atoms with van der Waals surface area (Å²) in [5, 5.41) is 8.36. The minimum Gasteiger partial charge on any atom is -0.330 e. The Morgan fingerprint density at radius 3 is 2.04 bits per heavy atom. The van der Waals surface area contributed by atoms with Gasteiger partial charge in [0.1, 0.15) is 0 Å². The summed E-state index contributed by atoms with van der Waals surface area (Å²) in [7, 11) is 0. The zero-order valence-corrected chi connectivity index (χ0v) is 13.5. The van der Waals surface area contributed by atoms with Crippen LogP contribution in [-0.4, -0.2) is 6.54 Å². The van der Waals surface area contributed by atoms with Gasteiger partial charge in [-0.15, -0.1) is 0 Å². The average molecular weight is 301 g/mol. The fraction of sp³-hybridized carbons (Fsp3) is 0.273. The summed E-state index contributed by atoms with van der Waals surface area (Å²) in [6.45, 7) is 0.818. The van der Waals surface area contributed by atoms with Crippen molar-refractivity contribution in [2.45, 2.75) is 32.1 Å². The van der Waals surface area contributed by atoms with Crippen molar-refractivity contribution < 1.29 is 0 Å². The molecule has 0 bridgehead atoms. The summed E-state index contributed by atoms with van der Waals surface area (Å²) in [6, 6.07) is 20.3. The molecule has 0 aliphatic rings. The van der Waals surface area contributed by atoms with Gasteiger partial charge in [-0.3, -0.25) is 0 Å². The monoisotopic (exact) mass is 301 g/mol. The third kappa shape index (κ3) is 2.55. The molecule has 23 heavy (non-hydrogen) atoms. The fourth-order valence-electron chi connectivity index (χ4n) is 3.83. The van der Waals surface area contributed by atoms with E-state index in [2.05, 4.69) is 54.6 Å². The number of unbranched alkanes of at least 4 members (excludes halogenated alkanes) is 3. The number of rotatable bonds is 6. The van der Waals surface area contributed by atoms with Crippen LogP contribution in [0.5, 0.6) is 0 Å². The largest absolute Gasteiger partial charge is 0.330 e. The maximum Gasteiger partial charge on any atom is -0.00240 e. The van der Waals surface area contributed by atoms with Crippen molar-refractivity contribution in [3.05, 3.63) is 60.2 Å². The first-order valence-corrected chi connectivity index (χ1v) is 8.74. The van der Waals surface area contributed by atoms with Gasteiger partial charge in [0.25, 0.3) is 0 Å². The predicted octanol–water partition coefficient (Wildman–Crippen LogP) is 5.65. The Labute approximate surface area is 137 Å². The van der Waals surface area contributed by atoms with Crippen LogP contribution in [0.3, 0.4) is 0 Å². The number of aryl methyl sites for hydroxylation is 1. The maximum atomic E-state index is 5.58. The van der Waals surface area contributed by atoms with Crippen molar-refractivity contribution in [2.75, 3.05) is 6.54 Å². The van der Waals surface area contributed by atoms with Crippen LogP contribution in [0.1, 0.15) is 31.2 Å². The molecule has 2 N–H and O–H groups in total. The Balaban J connectivity index is 1.77. The van der Waals surface area contributed by atoms with Crippen molar-refractivity contribution in [3.63, 3.8) is 0 Å². The lowest BCUT2D eigenvalue weighted by atomic mass is 9.90. The van der Waals surface area contributed by atoms with Gasteiger partial charge < -0.3 is 5.73 Å². The molecule has 1 heteroatoms. The topological polar surface area (TPSA) is 26.0 Å². The molecular weight excluding hydrogens is 278 g/mol. The van der Waals surface area contributed by atoms with Crippen molar-refractivity contribution in [1.29, 1.82) is 0 Å². The van der Waals surface area contributed by atoms with Gasteiger partial charge in [-0.2, -0.15) is 0 Å². The van der Waals surface area contributed by atoms with Crippen LogP contribution in [0.2, 0.25) is 0 Å². The summed E-state index contributed by atoms with van der Waals surface area (Å²) in [5.74, 6) is 0. The van der Waals surface area contributed by atoms with E-state index in [9.17, 15) is 0 Å². The van der Waals surface area contributed by atoms with Gasteiger partial charge in [0.05, 0.1) is 0 Å². The lowest BCUT2D eigenvalue weighted by molar-refractivity contribution is 0.648. The lowest BCUT2D eigenvalue weighted by Crippen LogP contribution is -1.98. The zero-order valence-electron chi connectivity index (χ0n) is 13.5. The maximum absolute atomic E-state index is 5.58. The molecular formula is C22H23N. The van der Waals surface area contributed by atoms with E-state index >= 15 is 0 Å². The summed E-state index contributed by atoms with van der Waals surface area (Å²) >= 11 is 0. The molecule has 116 valence electrons. The molecule has 0 saturated carbocycles. The molecule has 0 atom stereocenters. The van der Waals surface area contributed by atoms with E-state index < -0.39 is 0 Å². The molecule has 4 rings (SSSR count). The first-order chi connectivity index (χ1) is 11.4. The third-order valence-electron chi connectivity index (χ3n) is 5.02. The van der Waals surface area contributed by atoms with Crippen LogP contribution in [-0.2, 0) is 6.42 Å². The highest BCUT2D eigenvalue weighted by atomic mass is 14.5. The molecule has 0 radical (unpaired) electrons. The second kappa shape index (κ2) is 6.17. The molecule has 0 spiro atoms. The van der Waals surface area contributed by atoms with E-state index in [-0.39, 0.29) is 0 Å². The van der Waals surface area contributed by atoms with Crippen molar-refractivity contribution >= 4 is 32.3 Å². The summed E-state index contributed by atoms with van der Waals surface area (Å²) < 4.78 is 0. The van der Waals surface area contributed by atoms with E-state index in [1.54, 1.807) is 0 Å². The molecule has 0 amide bonds. The van der Waals surface area contributed by atoms with Crippen LogP contribution in [0.15, 0.2) is 54.6 Å². The number of hydrogen-bond acceptors (Lipinski definition) is 1. The van der Waals surface area contributed by atoms with Gasteiger partial charge >= 0.3 is 0 Å². The van der Waals surface area contributed by atoms with E-state index in [1.807, 2.05) is 0 Å². The highest BCUT2D eigenvalue weighted by Crippen LogP contribution is 2.36. The summed E-state index contributed by atoms with van der Waals surface area (Å²) in [6.07, 6.45) is 6.10. The standard InChI is InChI=1S/C22H23N/c23-15-4-2-1-3-6-16-9-10-19-12-11-17-7-5-8-18-13-14-20(16)22(19)21(17)18/h5,7-14H,1-4,6,15,23H2. The molecule has 0 unspecified atom stereocenters. The first kappa shape index (κ1) is 14.5. The SMILES string of the molecule is NCCCCCCc1ccc2ccc3cccc4ccc1c2c34. The van der Waals surface area contributed by atoms with Gasteiger partial charge in [0.2, 0.25) is 0 Å². The van der Waals surface area contributed by atoms with Crippen LogP contribution in [0.4, 0.5) is 0 Å². The fourth-order valence-corrected chi connectivity index (χ4v) is 3.83. The zero-order chi connectivity index (χ0) is 15.6. The molecule has 4 aromatic rings. The number of hydrogen-bond donors (Lipinski definition) is 1. The first-order valence-electron chi connectivity index (χ1n) is 8.74. The Kier molecular flexibility index (Phi) is 3.88. The molecule has 0 aromatic heterocycles. The normalized spacial score (nSPS) is 11.9. The van der Waals surface area contributed by atoms with Crippen LogP contribution >= 0.6 is 0 Å².